The molecule has 0 unspecified atom stereocenters. The number of fused-ring (bicyclic) bond motifs is 4. The van der Waals surface area contributed by atoms with Crippen LogP contribution in [0.25, 0.3) is 32.8 Å². The Kier molecular flexibility index (Phi) is 6.74. The van der Waals surface area contributed by atoms with E-state index >= 15 is 0 Å². The molecule has 7 nitrogen and oxygen atoms in total. The zero-order chi connectivity index (χ0) is 30.9. The molecule has 4 aliphatic heterocycles. The zero-order valence-electron chi connectivity index (χ0n) is 24.9. The van der Waals surface area contributed by atoms with Crippen LogP contribution in [0.15, 0.2) is 67.0 Å². The summed E-state index contributed by atoms with van der Waals surface area (Å²) in [5.74, 6) is -1.25. The SMILES string of the molecule is C=C(F)C(=O)N1CC[C@@H]2[C@H]1CN2c1c(C#N)c(OCC23CCCN2CCC3)nc2cc(-c3cccc4cccc(Cl)c34)ccc12. The van der Waals surface area contributed by atoms with E-state index in [0.29, 0.717) is 42.6 Å². The quantitative estimate of drug-likeness (QED) is 0.219. The fraction of sp³-hybridized carbons (Fsp3) is 0.361. The van der Waals surface area contributed by atoms with Crippen molar-refractivity contribution in [1.29, 1.82) is 5.26 Å². The number of ether oxygens (including phenoxy) is 1. The van der Waals surface area contributed by atoms with Crippen molar-refractivity contribution in [2.75, 3.05) is 37.7 Å². The summed E-state index contributed by atoms with van der Waals surface area (Å²) in [6.07, 6.45) is 5.15. The maximum atomic E-state index is 13.8. The Bertz CT molecular complexity index is 1920. The Morgan fingerprint density at radius 2 is 1.89 bits per heavy atom. The maximum absolute atomic E-state index is 13.8. The van der Waals surface area contributed by atoms with Gasteiger partial charge in [-0.2, -0.15) is 5.26 Å². The monoisotopic (exact) mass is 621 g/mol. The van der Waals surface area contributed by atoms with Gasteiger partial charge in [0.05, 0.1) is 28.8 Å². The number of rotatable bonds is 6. The van der Waals surface area contributed by atoms with Crippen LogP contribution >= 0.6 is 11.6 Å². The number of nitriles is 1. The molecule has 0 radical (unpaired) electrons. The number of hydrogen-bond acceptors (Lipinski definition) is 6. The largest absolute Gasteiger partial charge is 0.475 e. The van der Waals surface area contributed by atoms with Gasteiger partial charge in [-0.05, 0) is 73.8 Å². The van der Waals surface area contributed by atoms with E-state index in [2.05, 4.69) is 52.8 Å². The third-order valence-corrected chi connectivity index (χ3v) is 10.9. The molecule has 4 fully saturated rings. The van der Waals surface area contributed by atoms with Gasteiger partial charge in [0.25, 0.3) is 5.91 Å². The first-order chi connectivity index (χ1) is 21.9. The summed E-state index contributed by atoms with van der Waals surface area (Å²) in [6.45, 7) is 6.82. The number of pyridine rings is 1. The minimum Gasteiger partial charge on any atom is -0.475 e. The summed E-state index contributed by atoms with van der Waals surface area (Å²) in [5, 5.41) is 14.1. The molecule has 1 amide bonds. The molecule has 3 aromatic carbocycles. The van der Waals surface area contributed by atoms with Crippen LogP contribution in [0.1, 0.15) is 37.7 Å². The van der Waals surface area contributed by atoms with Crippen LogP contribution < -0.4 is 9.64 Å². The molecule has 1 aromatic heterocycles. The van der Waals surface area contributed by atoms with E-state index in [1.807, 2.05) is 24.3 Å². The first kappa shape index (κ1) is 28.3. The molecule has 0 aliphatic carbocycles. The van der Waals surface area contributed by atoms with Gasteiger partial charge in [-0.3, -0.25) is 9.69 Å². The Balaban J connectivity index is 1.24. The molecule has 4 saturated heterocycles. The summed E-state index contributed by atoms with van der Waals surface area (Å²) >= 11 is 6.70. The number of hydrogen-bond donors (Lipinski definition) is 0. The van der Waals surface area contributed by atoms with Crippen molar-refractivity contribution in [2.45, 2.75) is 49.7 Å². The van der Waals surface area contributed by atoms with Crippen molar-refractivity contribution >= 4 is 44.9 Å². The normalized spacial score (nSPS) is 21.9. The molecule has 228 valence electrons. The number of likely N-dealkylation sites (tertiary alicyclic amines) is 1. The molecule has 2 atom stereocenters. The molecule has 8 rings (SSSR count). The van der Waals surface area contributed by atoms with Crippen molar-refractivity contribution in [2.24, 2.45) is 0 Å². The third-order valence-electron chi connectivity index (χ3n) is 10.6. The lowest BCUT2D eigenvalue weighted by atomic mass is 9.92. The second kappa shape index (κ2) is 10.7. The van der Waals surface area contributed by atoms with E-state index in [9.17, 15) is 14.4 Å². The van der Waals surface area contributed by atoms with Gasteiger partial charge >= 0.3 is 0 Å². The van der Waals surface area contributed by atoms with E-state index in [4.69, 9.17) is 21.3 Å². The van der Waals surface area contributed by atoms with E-state index in [1.54, 1.807) is 4.90 Å². The van der Waals surface area contributed by atoms with Crippen molar-refractivity contribution < 1.29 is 13.9 Å². The van der Waals surface area contributed by atoms with Gasteiger partial charge in [0.1, 0.15) is 18.2 Å². The third kappa shape index (κ3) is 4.39. The number of amides is 1. The van der Waals surface area contributed by atoms with E-state index in [0.717, 1.165) is 77.3 Å². The van der Waals surface area contributed by atoms with Gasteiger partial charge in [-0.25, -0.2) is 9.37 Å². The Morgan fingerprint density at radius 1 is 1.11 bits per heavy atom. The van der Waals surface area contributed by atoms with E-state index < -0.39 is 11.7 Å². The Labute approximate surface area is 266 Å². The number of carbonyl (C=O) groups is 1. The highest BCUT2D eigenvalue weighted by atomic mass is 35.5. The molecule has 5 heterocycles. The van der Waals surface area contributed by atoms with Crippen LogP contribution in [0.5, 0.6) is 5.88 Å². The van der Waals surface area contributed by atoms with Crippen LogP contribution in [0.4, 0.5) is 10.1 Å². The van der Waals surface area contributed by atoms with Crippen molar-refractivity contribution in [1.82, 2.24) is 14.8 Å². The van der Waals surface area contributed by atoms with Crippen LogP contribution in [0.3, 0.4) is 0 Å². The van der Waals surface area contributed by atoms with Crippen LogP contribution in [0.2, 0.25) is 5.02 Å². The first-order valence-electron chi connectivity index (χ1n) is 15.7. The number of carbonyl (C=O) groups excluding carboxylic acids is 1. The highest BCUT2D eigenvalue weighted by molar-refractivity contribution is 6.36. The van der Waals surface area contributed by atoms with Crippen molar-refractivity contribution in [3.05, 3.63) is 77.6 Å². The highest BCUT2D eigenvalue weighted by Crippen LogP contribution is 2.46. The maximum Gasteiger partial charge on any atom is 0.282 e. The summed E-state index contributed by atoms with van der Waals surface area (Å²) < 4.78 is 20.4. The van der Waals surface area contributed by atoms with Gasteiger partial charge in [-0.1, -0.05) is 60.6 Å². The molecular weight excluding hydrogens is 589 g/mol. The molecule has 45 heavy (non-hydrogen) atoms. The van der Waals surface area contributed by atoms with Crippen LogP contribution in [-0.2, 0) is 4.79 Å². The van der Waals surface area contributed by atoms with Crippen LogP contribution in [0, 0.1) is 11.3 Å². The molecule has 0 saturated carbocycles. The number of aromatic nitrogens is 1. The molecule has 9 heteroatoms. The molecule has 4 aromatic rings. The predicted octanol–water partition coefficient (Wildman–Crippen LogP) is 6.86. The lowest BCUT2D eigenvalue weighted by Gasteiger charge is -2.48. The van der Waals surface area contributed by atoms with Gasteiger partial charge in [-0.15, -0.1) is 0 Å². The number of nitrogens with zero attached hydrogens (tertiary/aromatic N) is 5. The summed E-state index contributed by atoms with van der Waals surface area (Å²) in [5.41, 5.74) is 3.85. The predicted molar refractivity (Wildman–Crippen MR) is 174 cm³/mol. The Morgan fingerprint density at radius 3 is 2.64 bits per heavy atom. The van der Waals surface area contributed by atoms with Crippen molar-refractivity contribution in [3.8, 4) is 23.1 Å². The van der Waals surface area contributed by atoms with Crippen molar-refractivity contribution in [3.63, 3.8) is 0 Å². The van der Waals surface area contributed by atoms with Gasteiger partial charge in [0.2, 0.25) is 5.88 Å². The average Bonchev–Trinajstić information content (AvgIpc) is 3.71. The molecular formula is C36H33ClFN5O2. The number of anilines is 1. The fourth-order valence-electron chi connectivity index (χ4n) is 8.38. The molecule has 0 spiro atoms. The van der Waals surface area contributed by atoms with E-state index in [1.165, 1.54) is 0 Å². The van der Waals surface area contributed by atoms with E-state index in [-0.39, 0.29) is 17.6 Å². The molecule has 0 N–H and O–H groups in total. The summed E-state index contributed by atoms with van der Waals surface area (Å²) in [4.78, 5) is 23.8. The zero-order valence-corrected chi connectivity index (χ0v) is 25.7. The minimum atomic E-state index is -0.940. The number of benzene rings is 3. The standard InChI is InChI=1S/C36H33ClFN5O2/c1-22(38)35(44)42-17-12-30-31(42)20-43(30)33-26-11-10-24(25-8-2-6-23-7-3-9-28(37)32(23)25)18-29(26)40-34(27(33)19-39)45-21-36-13-4-15-41(36)16-5-14-36/h2-3,6-11,18,30-31H,1,4-5,12-17,20-21H2/t30-,31-/m1/s1. The Hall–Kier alpha value is -4.19. The summed E-state index contributed by atoms with van der Waals surface area (Å²) in [7, 11) is 0. The smallest absolute Gasteiger partial charge is 0.282 e. The summed E-state index contributed by atoms with van der Waals surface area (Å²) in [6, 6.07) is 20.4. The van der Waals surface area contributed by atoms with Gasteiger partial charge in [0, 0.05) is 28.9 Å². The lowest BCUT2D eigenvalue weighted by Crippen LogP contribution is -2.63. The fourth-order valence-corrected chi connectivity index (χ4v) is 8.66. The van der Waals surface area contributed by atoms with Gasteiger partial charge in [0.15, 0.2) is 5.83 Å². The highest BCUT2D eigenvalue weighted by Gasteiger charge is 2.50. The average molecular weight is 622 g/mol. The second-order valence-electron chi connectivity index (χ2n) is 12.8. The second-order valence-corrected chi connectivity index (χ2v) is 13.2. The molecule has 4 aliphatic rings. The minimum absolute atomic E-state index is 0.00595. The first-order valence-corrected chi connectivity index (χ1v) is 16.1. The molecule has 0 bridgehead atoms. The number of halogens is 2. The lowest BCUT2D eigenvalue weighted by molar-refractivity contribution is -0.130. The topological polar surface area (TPSA) is 72.7 Å². The van der Waals surface area contributed by atoms with Gasteiger partial charge < -0.3 is 14.5 Å². The van der Waals surface area contributed by atoms with Crippen LogP contribution in [-0.4, -0.2) is 71.1 Å².